The molecule has 2 aromatic rings. The molecule has 1 atom stereocenters. The number of nitrogens with zero attached hydrogens (tertiary/aromatic N) is 2. The van der Waals surface area contributed by atoms with E-state index in [1.165, 1.54) is 11.1 Å². The van der Waals surface area contributed by atoms with Crippen LogP contribution in [0.3, 0.4) is 0 Å². The monoisotopic (exact) mass is 536 g/mol. The van der Waals surface area contributed by atoms with Crippen LogP contribution in [0, 0.1) is 0 Å². The highest BCUT2D eigenvalue weighted by Crippen LogP contribution is 2.30. The Morgan fingerprint density at radius 3 is 2.65 bits per heavy atom. The fourth-order valence-electron chi connectivity index (χ4n) is 3.67. The molecular formula is C23H29IN4O3. The topological polar surface area (TPSA) is 75.2 Å². The molecule has 0 aromatic heterocycles. The average Bonchev–Trinajstić information content (AvgIpc) is 2.80. The highest BCUT2D eigenvalue weighted by molar-refractivity contribution is 14.0. The Kier molecular flexibility index (Phi) is 8.39. The zero-order valence-electron chi connectivity index (χ0n) is 17.7. The second-order valence-corrected chi connectivity index (χ2v) is 7.41. The van der Waals surface area contributed by atoms with E-state index in [0.717, 1.165) is 24.5 Å². The van der Waals surface area contributed by atoms with E-state index in [1.807, 2.05) is 42.2 Å². The maximum Gasteiger partial charge on any atom is 0.244 e. The third kappa shape index (κ3) is 6.03. The van der Waals surface area contributed by atoms with Gasteiger partial charge in [-0.1, -0.05) is 36.4 Å². The number of halogens is 1. The molecule has 0 spiro atoms. The molecule has 0 saturated heterocycles. The van der Waals surface area contributed by atoms with Gasteiger partial charge < -0.3 is 25.0 Å². The van der Waals surface area contributed by atoms with Gasteiger partial charge in [0, 0.05) is 19.6 Å². The number of hydrogen-bond acceptors (Lipinski definition) is 4. The van der Waals surface area contributed by atoms with Gasteiger partial charge in [0.2, 0.25) is 5.91 Å². The van der Waals surface area contributed by atoms with Crippen molar-refractivity contribution in [1.82, 2.24) is 15.5 Å². The van der Waals surface area contributed by atoms with Crippen LogP contribution in [-0.4, -0.2) is 55.7 Å². The summed E-state index contributed by atoms with van der Waals surface area (Å²) in [5.74, 6) is 2.15. The number of aliphatic imine (C=N–C) groups is 1. The lowest BCUT2D eigenvalue weighted by Crippen LogP contribution is -2.46. The summed E-state index contributed by atoms with van der Waals surface area (Å²) < 4.78 is 11.7. The van der Waals surface area contributed by atoms with Crippen molar-refractivity contribution in [3.63, 3.8) is 0 Å². The molecule has 0 bridgehead atoms. The quantitative estimate of drug-likeness (QED) is 0.349. The Hall–Kier alpha value is -2.49. The first kappa shape index (κ1) is 23.2. The van der Waals surface area contributed by atoms with Gasteiger partial charge in [-0.3, -0.25) is 4.79 Å². The minimum atomic E-state index is -0.127. The molecule has 0 fully saturated rings. The number of carbonyl (C=O) groups excluding carboxylic acids is 1. The van der Waals surface area contributed by atoms with Crippen molar-refractivity contribution in [2.45, 2.75) is 26.0 Å². The summed E-state index contributed by atoms with van der Waals surface area (Å²) in [5.41, 5.74) is 2.55. The number of guanidine groups is 1. The summed E-state index contributed by atoms with van der Waals surface area (Å²) in [7, 11) is 0. The van der Waals surface area contributed by atoms with Gasteiger partial charge in [0.25, 0.3) is 0 Å². The number of carbonyl (C=O) groups is 1. The van der Waals surface area contributed by atoms with E-state index < -0.39 is 0 Å². The van der Waals surface area contributed by atoms with Gasteiger partial charge in [0.15, 0.2) is 17.5 Å². The summed E-state index contributed by atoms with van der Waals surface area (Å²) >= 11 is 0. The van der Waals surface area contributed by atoms with E-state index in [9.17, 15) is 4.79 Å². The molecule has 4 rings (SSSR count). The van der Waals surface area contributed by atoms with E-state index in [-0.39, 0.29) is 42.5 Å². The standard InChI is InChI=1S/C23H28N4O3.HI/c1-2-24-23(25-13-19-16-29-20-9-5-6-10-21(20)30-19)26-14-22(28)27-12-11-17-7-3-4-8-18(17)15-27;/h3-10,19H,2,11-16H2,1H3,(H2,24,25,26);1H. The van der Waals surface area contributed by atoms with Gasteiger partial charge in [-0.05, 0) is 36.6 Å². The number of rotatable bonds is 5. The molecule has 0 saturated carbocycles. The molecule has 0 radical (unpaired) electrons. The molecule has 1 unspecified atom stereocenters. The predicted molar refractivity (Wildman–Crippen MR) is 131 cm³/mol. The molecule has 0 aliphatic carbocycles. The van der Waals surface area contributed by atoms with Gasteiger partial charge in [0.1, 0.15) is 19.3 Å². The molecule has 8 heteroatoms. The minimum absolute atomic E-state index is 0. The molecule has 2 aromatic carbocycles. The number of ether oxygens (including phenoxy) is 2. The van der Waals surface area contributed by atoms with Gasteiger partial charge in [0.05, 0.1) is 6.54 Å². The van der Waals surface area contributed by atoms with Gasteiger partial charge >= 0.3 is 0 Å². The van der Waals surface area contributed by atoms with E-state index in [2.05, 4.69) is 33.8 Å². The van der Waals surface area contributed by atoms with Crippen molar-refractivity contribution < 1.29 is 14.3 Å². The molecular weight excluding hydrogens is 507 g/mol. The highest BCUT2D eigenvalue weighted by Gasteiger charge is 2.22. The lowest BCUT2D eigenvalue weighted by Gasteiger charge is -2.28. The summed E-state index contributed by atoms with van der Waals surface area (Å²) in [6.45, 7) is 5.21. The van der Waals surface area contributed by atoms with Crippen molar-refractivity contribution in [3.05, 3.63) is 59.7 Å². The first-order chi connectivity index (χ1) is 14.7. The van der Waals surface area contributed by atoms with Crippen LogP contribution >= 0.6 is 24.0 Å². The fraction of sp³-hybridized carbons (Fsp3) is 0.391. The highest BCUT2D eigenvalue weighted by atomic mass is 127. The van der Waals surface area contributed by atoms with Crippen LogP contribution in [0.1, 0.15) is 18.1 Å². The molecule has 2 aliphatic heterocycles. The van der Waals surface area contributed by atoms with Crippen LogP contribution in [0.4, 0.5) is 0 Å². The maximum atomic E-state index is 12.7. The van der Waals surface area contributed by atoms with E-state index in [0.29, 0.717) is 32.2 Å². The second-order valence-electron chi connectivity index (χ2n) is 7.41. The zero-order valence-corrected chi connectivity index (χ0v) is 20.0. The average molecular weight is 536 g/mol. The van der Waals surface area contributed by atoms with Gasteiger partial charge in [-0.2, -0.15) is 0 Å². The van der Waals surface area contributed by atoms with E-state index >= 15 is 0 Å². The van der Waals surface area contributed by atoms with Crippen LogP contribution in [0.25, 0.3) is 0 Å². The number of benzene rings is 2. The van der Waals surface area contributed by atoms with Gasteiger partial charge in [-0.25, -0.2) is 4.99 Å². The SMILES string of the molecule is CCNC(=NCC(=O)N1CCc2ccccc2C1)NCC1COc2ccccc2O1.I. The Morgan fingerprint density at radius 2 is 1.84 bits per heavy atom. The van der Waals surface area contributed by atoms with E-state index in [1.54, 1.807) is 0 Å². The molecule has 2 aliphatic rings. The molecule has 7 nitrogen and oxygen atoms in total. The van der Waals surface area contributed by atoms with Crippen molar-refractivity contribution in [2.24, 2.45) is 4.99 Å². The normalized spacial score (nSPS) is 17.3. The van der Waals surface area contributed by atoms with Crippen LogP contribution in [0.5, 0.6) is 11.5 Å². The Morgan fingerprint density at radius 1 is 1.10 bits per heavy atom. The summed E-state index contributed by atoms with van der Waals surface area (Å²) in [6.07, 6.45) is 0.766. The summed E-state index contributed by atoms with van der Waals surface area (Å²) in [5, 5.41) is 6.45. The molecule has 2 N–H and O–H groups in total. The molecule has 166 valence electrons. The lowest BCUT2D eigenvalue weighted by molar-refractivity contribution is -0.130. The Balaban J connectivity index is 0.00000272. The lowest BCUT2D eigenvalue weighted by atomic mass is 10.00. The van der Waals surface area contributed by atoms with Gasteiger partial charge in [-0.15, -0.1) is 24.0 Å². The van der Waals surface area contributed by atoms with Crippen LogP contribution < -0.4 is 20.1 Å². The molecule has 1 amide bonds. The third-order valence-electron chi connectivity index (χ3n) is 5.26. The zero-order chi connectivity index (χ0) is 20.8. The van der Waals surface area contributed by atoms with Crippen LogP contribution in [0.15, 0.2) is 53.5 Å². The first-order valence-electron chi connectivity index (χ1n) is 10.5. The number of hydrogen-bond donors (Lipinski definition) is 2. The minimum Gasteiger partial charge on any atom is -0.486 e. The first-order valence-corrected chi connectivity index (χ1v) is 10.5. The largest absolute Gasteiger partial charge is 0.486 e. The van der Waals surface area contributed by atoms with Crippen LogP contribution in [-0.2, 0) is 17.8 Å². The van der Waals surface area contributed by atoms with E-state index in [4.69, 9.17) is 9.47 Å². The number of fused-ring (bicyclic) bond motifs is 2. The smallest absolute Gasteiger partial charge is 0.244 e. The maximum absolute atomic E-state index is 12.7. The Bertz CT molecular complexity index is 921. The summed E-state index contributed by atoms with van der Waals surface area (Å²) in [4.78, 5) is 19.0. The fourth-order valence-corrected chi connectivity index (χ4v) is 3.67. The molecule has 31 heavy (non-hydrogen) atoms. The van der Waals surface area contributed by atoms with Crippen molar-refractivity contribution in [3.8, 4) is 11.5 Å². The summed E-state index contributed by atoms with van der Waals surface area (Å²) in [6, 6.07) is 15.9. The van der Waals surface area contributed by atoms with Crippen molar-refractivity contribution >= 4 is 35.8 Å². The van der Waals surface area contributed by atoms with Crippen molar-refractivity contribution in [2.75, 3.05) is 32.8 Å². The number of nitrogens with one attached hydrogen (secondary N) is 2. The second kappa shape index (κ2) is 11.2. The number of para-hydroxylation sites is 2. The Labute approximate surface area is 200 Å². The third-order valence-corrected chi connectivity index (χ3v) is 5.26. The van der Waals surface area contributed by atoms with Crippen LogP contribution in [0.2, 0.25) is 0 Å². The van der Waals surface area contributed by atoms with Crippen molar-refractivity contribution in [1.29, 1.82) is 0 Å². The molecule has 2 heterocycles. The number of amides is 1. The predicted octanol–water partition coefficient (Wildman–Crippen LogP) is 2.58.